The van der Waals surface area contributed by atoms with Gasteiger partial charge >= 0.3 is 0 Å². The first kappa shape index (κ1) is 26.8. The summed E-state index contributed by atoms with van der Waals surface area (Å²) in [7, 11) is -2.01. The number of ether oxygens (including phenoxy) is 3. The first-order valence-electron chi connectivity index (χ1n) is 12.2. The highest BCUT2D eigenvalue weighted by atomic mass is 32.2. The van der Waals surface area contributed by atoms with Crippen LogP contribution in [0.1, 0.15) is 50.7 Å². The fourth-order valence-electron chi connectivity index (χ4n) is 4.11. The predicted octanol–water partition coefficient (Wildman–Crippen LogP) is 3.92. The normalized spacial score (nSPS) is 14.4. The number of nitrogens with one attached hydrogen (secondary N) is 1. The van der Waals surface area contributed by atoms with Crippen molar-refractivity contribution in [1.82, 2.24) is 9.62 Å². The van der Waals surface area contributed by atoms with Crippen molar-refractivity contribution < 1.29 is 27.4 Å². The second kappa shape index (κ2) is 12.8. The topological polar surface area (TPSA) is 94.2 Å². The smallest absolute Gasteiger partial charge is 0.243 e. The predicted molar refractivity (Wildman–Crippen MR) is 135 cm³/mol. The van der Waals surface area contributed by atoms with Gasteiger partial charge in [0.1, 0.15) is 5.75 Å². The molecule has 1 aliphatic heterocycles. The van der Waals surface area contributed by atoms with Crippen LogP contribution in [0.4, 0.5) is 0 Å². The number of hydrogen-bond donors (Lipinski definition) is 1. The number of sulfonamides is 1. The van der Waals surface area contributed by atoms with Crippen LogP contribution in [0, 0.1) is 0 Å². The molecule has 1 heterocycles. The standard InChI is InChI=1S/C26H36N2O6S/c1-4-33-24-12-9-20(17-25(24)34-5-2)19-27-26(29)14-10-21-18-22(11-13-23(21)32-3)35(30,31)28-15-7-6-8-16-28/h9,11-13,17-18H,4-8,10,14-16,19H2,1-3H3,(H,27,29). The SMILES string of the molecule is CCOc1ccc(CNC(=O)CCc2cc(S(=O)(=O)N3CCCCC3)ccc2OC)cc1OCC. The molecule has 1 N–H and O–H groups in total. The maximum absolute atomic E-state index is 13.1. The Hall–Kier alpha value is -2.78. The number of rotatable bonds is 12. The molecule has 0 aromatic heterocycles. The lowest BCUT2D eigenvalue weighted by Gasteiger charge is -2.26. The van der Waals surface area contributed by atoms with Gasteiger partial charge in [0.25, 0.3) is 0 Å². The van der Waals surface area contributed by atoms with Crippen molar-refractivity contribution in [3.05, 3.63) is 47.5 Å². The Balaban J connectivity index is 1.63. The van der Waals surface area contributed by atoms with Crippen molar-refractivity contribution in [3.63, 3.8) is 0 Å². The van der Waals surface area contributed by atoms with E-state index in [2.05, 4.69) is 5.32 Å². The highest BCUT2D eigenvalue weighted by molar-refractivity contribution is 7.89. The Morgan fingerprint density at radius 1 is 0.943 bits per heavy atom. The van der Waals surface area contributed by atoms with E-state index >= 15 is 0 Å². The third-order valence-corrected chi connectivity index (χ3v) is 7.82. The third kappa shape index (κ3) is 7.11. The van der Waals surface area contributed by atoms with Crippen LogP contribution >= 0.6 is 0 Å². The molecule has 2 aromatic carbocycles. The summed E-state index contributed by atoms with van der Waals surface area (Å²) in [6, 6.07) is 10.5. The minimum atomic E-state index is -3.56. The van der Waals surface area contributed by atoms with Gasteiger partial charge in [-0.3, -0.25) is 4.79 Å². The van der Waals surface area contributed by atoms with E-state index < -0.39 is 10.0 Å². The second-order valence-electron chi connectivity index (χ2n) is 8.36. The lowest BCUT2D eigenvalue weighted by atomic mass is 10.1. The van der Waals surface area contributed by atoms with Gasteiger partial charge < -0.3 is 19.5 Å². The number of nitrogens with zero attached hydrogens (tertiary/aromatic N) is 1. The summed E-state index contributed by atoms with van der Waals surface area (Å²) in [6.07, 6.45) is 3.38. The summed E-state index contributed by atoms with van der Waals surface area (Å²) in [5.41, 5.74) is 1.60. The highest BCUT2D eigenvalue weighted by Gasteiger charge is 2.26. The van der Waals surface area contributed by atoms with Gasteiger partial charge in [-0.2, -0.15) is 4.31 Å². The Labute approximate surface area is 208 Å². The van der Waals surface area contributed by atoms with Crippen LogP contribution in [-0.4, -0.2) is 52.0 Å². The van der Waals surface area contributed by atoms with E-state index in [1.54, 1.807) is 29.6 Å². The van der Waals surface area contributed by atoms with Gasteiger partial charge in [0.15, 0.2) is 11.5 Å². The van der Waals surface area contributed by atoms with Gasteiger partial charge in [-0.05, 0) is 74.6 Å². The van der Waals surface area contributed by atoms with Crippen molar-refractivity contribution in [2.45, 2.75) is 57.4 Å². The molecule has 1 aliphatic rings. The van der Waals surface area contributed by atoms with E-state index in [0.717, 1.165) is 24.8 Å². The van der Waals surface area contributed by atoms with Crippen LogP contribution in [0.3, 0.4) is 0 Å². The molecule has 3 rings (SSSR count). The highest BCUT2D eigenvalue weighted by Crippen LogP contribution is 2.29. The molecule has 0 spiro atoms. The second-order valence-corrected chi connectivity index (χ2v) is 10.3. The number of amides is 1. The fraction of sp³-hybridized carbons (Fsp3) is 0.500. The molecule has 0 saturated carbocycles. The first-order chi connectivity index (χ1) is 16.9. The van der Waals surface area contributed by atoms with E-state index in [4.69, 9.17) is 14.2 Å². The molecule has 0 radical (unpaired) electrons. The van der Waals surface area contributed by atoms with Gasteiger partial charge in [0.05, 0.1) is 25.2 Å². The quantitative estimate of drug-likeness (QED) is 0.471. The summed E-state index contributed by atoms with van der Waals surface area (Å²) < 4.78 is 44.3. The molecular weight excluding hydrogens is 468 g/mol. The largest absolute Gasteiger partial charge is 0.496 e. The van der Waals surface area contributed by atoms with E-state index in [0.29, 0.717) is 62.1 Å². The number of methoxy groups -OCH3 is 1. The van der Waals surface area contributed by atoms with Crippen molar-refractivity contribution in [2.75, 3.05) is 33.4 Å². The van der Waals surface area contributed by atoms with E-state index in [1.165, 1.54) is 0 Å². The third-order valence-electron chi connectivity index (χ3n) is 5.92. The summed E-state index contributed by atoms with van der Waals surface area (Å²) in [4.78, 5) is 12.8. The number of carbonyl (C=O) groups excluding carboxylic acids is 1. The average molecular weight is 505 g/mol. The Kier molecular flexibility index (Phi) is 9.80. The van der Waals surface area contributed by atoms with Crippen LogP contribution in [-0.2, 0) is 27.8 Å². The Bertz CT molecular complexity index is 1100. The number of carbonyl (C=O) groups is 1. The monoisotopic (exact) mass is 504 g/mol. The van der Waals surface area contributed by atoms with Crippen LogP contribution in [0.15, 0.2) is 41.3 Å². The molecule has 192 valence electrons. The molecule has 0 atom stereocenters. The molecule has 35 heavy (non-hydrogen) atoms. The van der Waals surface area contributed by atoms with E-state index in [-0.39, 0.29) is 17.2 Å². The molecule has 0 bridgehead atoms. The summed E-state index contributed by atoms with van der Waals surface area (Å²) >= 11 is 0. The number of benzene rings is 2. The molecule has 8 nitrogen and oxygen atoms in total. The van der Waals surface area contributed by atoms with E-state index in [1.807, 2.05) is 32.0 Å². The molecule has 1 fully saturated rings. The van der Waals surface area contributed by atoms with Crippen LogP contribution < -0.4 is 19.5 Å². The number of aryl methyl sites for hydroxylation is 1. The van der Waals surface area contributed by atoms with Crippen LogP contribution in [0.5, 0.6) is 17.2 Å². The summed E-state index contributed by atoms with van der Waals surface area (Å²) in [6.45, 7) is 6.32. The van der Waals surface area contributed by atoms with E-state index in [9.17, 15) is 13.2 Å². The Morgan fingerprint density at radius 3 is 2.31 bits per heavy atom. The minimum Gasteiger partial charge on any atom is -0.496 e. The summed E-state index contributed by atoms with van der Waals surface area (Å²) in [5, 5.41) is 2.92. The molecule has 0 aliphatic carbocycles. The van der Waals surface area contributed by atoms with Gasteiger partial charge in [0, 0.05) is 26.1 Å². The molecule has 2 aromatic rings. The van der Waals surface area contributed by atoms with Crippen LogP contribution in [0.25, 0.3) is 0 Å². The maximum Gasteiger partial charge on any atom is 0.243 e. The maximum atomic E-state index is 13.1. The van der Waals surface area contributed by atoms with Gasteiger partial charge in [-0.1, -0.05) is 12.5 Å². The zero-order chi connectivity index (χ0) is 25.3. The number of hydrogen-bond acceptors (Lipinski definition) is 6. The zero-order valence-corrected chi connectivity index (χ0v) is 21.7. The van der Waals surface area contributed by atoms with Gasteiger partial charge in [-0.25, -0.2) is 8.42 Å². The van der Waals surface area contributed by atoms with Gasteiger partial charge in [0.2, 0.25) is 15.9 Å². The average Bonchev–Trinajstić information content (AvgIpc) is 2.88. The van der Waals surface area contributed by atoms with Crippen molar-refractivity contribution in [3.8, 4) is 17.2 Å². The van der Waals surface area contributed by atoms with Crippen molar-refractivity contribution in [1.29, 1.82) is 0 Å². The Morgan fingerprint density at radius 2 is 1.63 bits per heavy atom. The van der Waals surface area contributed by atoms with Gasteiger partial charge in [-0.15, -0.1) is 0 Å². The van der Waals surface area contributed by atoms with Crippen molar-refractivity contribution in [2.24, 2.45) is 0 Å². The summed E-state index contributed by atoms with van der Waals surface area (Å²) in [5.74, 6) is 1.76. The first-order valence-corrected chi connectivity index (χ1v) is 13.6. The molecule has 1 saturated heterocycles. The fourth-order valence-corrected chi connectivity index (χ4v) is 5.68. The lowest BCUT2D eigenvalue weighted by Crippen LogP contribution is -2.35. The zero-order valence-electron chi connectivity index (χ0n) is 20.8. The molecule has 1 amide bonds. The van der Waals surface area contributed by atoms with Crippen molar-refractivity contribution >= 4 is 15.9 Å². The number of piperidine rings is 1. The molecular formula is C26H36N2O6S. The lowest BCUT2D eigenvalue weighted by molar-refractivity contribution is -0.121. The van der Waals surface area contributed by atoms with Crippen LogP contribution in [0.2, 0.25) is 0 Å². The molecule has 0 unspecified atom stereocenters. The minimum absolute atomic E-state index is 0.136. The molecule has 9 heteroatoms.